The molecule has 9 heteroatoms. The Hall–Kier alpha value is -2.58. The number of hydrogen-bond acceptors (Lipinski definition) is 4. The molecular weight excluding hydrogens is 368 g/mol. The number of imidazole rings is 1. The normalized spacial score (nSPS) is 11.5. The van der Waals surface area contributed by atoms with Crippen molar-refractivity contribution < 1.29 is 4.90 Å². The van der Waals surface area contributed by atoms with Gasteiger partial charge in [-0.25, -0.2) is 4.79 Å². The molecule has 0 fully saturated rings. The van der Waals surface area contributed by atoms with Crippen molar-refractivity contribution in [2.45, 2.75) is 6.54 Å². The van der Waals surface area contributed by atoms with Crippen LogP contribution in [-0.4, -0.2) is 45.9 Å². The van der Waals surface area contributed by atoms with Crippen molar-refractivity contribution in [3.63, 3.8) is 0 Å². The first-order chi connectivity index (χ1) is 12.8. The van der Waals surface area contributed by atoms with E-state index in [-0.39, 0.29) is 5.56 Å². The first kappa shape index (κ1) is 19.2. The lowest BCUT2D eigenvalue weighted by molar-refractivity contribution is -0.856. The van der Waals surface area contributed by atoms with Crippen molar-refractivity contribution in [1.82, 2.24) is 18.7 Å². The summed E-state index contributed by atoms with van der Waals surface area (Å²) in [7, 11) is 7.24. The van der Waals surface area contributed by atoms with Crippen molar-refractivity contribution in [1.29, 1.82) is 0 Å². The number of benzene rings is 1. The number of fused-ring (bicyclic) bond motifs is 1. The molecule has 0 aliphatic heterocycles. The first-order valence-corrected chi connectivity index (χ1v) is 9.11. The number of quaternary nitrogens is 1. The summed E-state index contributed by atoms with van der Waals surface area (Å²) in [5.74, 6) is 0.569. The minimum absolute atomic E-state index is 0.360. The third-order valence-electron chi connectivity index (χ3n) is 4.51. The molecule has 0 bridgehead atoms. The largest absolute Gasteiger partial charge is 0.350 e. The maximum atomic E-state index is 12.8. The van der Waals surface area contributed by atoms with Crippen LogP contribution >= 0.6 is 11.6 Å². The highest BCUT2D eigenvalue weighted by atomic mass is 35.5. The van der Waals surface area contributed by atoms with E-state index in [4.69, 9.17) is 11.6 Å². The van der Waals surface area contributed by atoms with Gasteiger partial charge in [0.05, 0.1) is 33.7 Å². The van der Waals surface area contributed by atoms with Crippen LogP contribution in [0.15, 0.2) is 33.9 Å². The lowest BCUT2D eigenvalue weighted by Crippen LogP contribution is -3.06. The van der Waals surface area contributed by atoms with Gasteiger partial charge < -0.3 is 10.2 Å². The highest BCUT2D eigenvalue weighted by Crippen LogP contribution is 2.18. The number of nitrogens with zero attached hydrogens (tertiary/aromatic N) is 4. The fraction of sp³-hybridized carbons (Fsp3) is 0.389. The molecular formula is C18H24ClN6O2+. The SMILES string of the molecule is Cn1c(=O)c2c(nc(NCC[NH+](C)C)n2Cc2ccc(Cl)cc2)n(C)c1=O. The molecule has 0 radical (unpaired) electrons. The minimum Gasteiger partial charge on any atom is -0.350 e. The summed E-state index contributed by atoms with van der Waals surface area (Å²) in [6.07, 6.45) is 0. The fourth-order valence-electron chi connectivity index (χ4n) is 2.93. The molecule has 0 amide bonds. The molecule has 3 aromatic rings. The predicted octanol–water partition coefficient (Wildman–Crippen LogP) is -0.308. The molecule has 3 rings (SSSR count). The molecule has 2 aromatic heterocycles. The molecule has 2 N–H and O–H groups in total. The molecule has 0 aliphatic rings. The van der Waals surface area contributed by atoms with Gasteiger partial charge in [-0.15, -0.1) is 0 Å². The van der Waals surface area contributed by atoms with Crippen LogP contribution in [0, 0.1) is 0 Å². The molecule has 0 saturated heterocycles. The molecule has 27 heavy (non-hydrogen) atoms. The van der Waals surface area contributed by atoms with Gasteiger partial charge in [0.1, 0.15) is 0 Å². The van der Waals surface area contributed by atoms with Crippen LogP contribution in [0.3, 0.4) is 0 Å². The second-order valence-electron chi connectivity index (χ2n) is 6.91. The van der Waals surface area contributed by atoms with Gasteiger partial charge in [0.15, 0.2) is 11.2 Å². The molecule has 0 spiro atoms. The van der Waals surface area contributed by atoms with Gasteiger partial charge in [0, 0.05) is 19.1 Å². The molecule has 2 heterocycles. The fourth-order valence-corrected chi connectivity index (χ4v) is 3.06. The van der Waals surface area contributed by atoms with Crippen molar-refractivity contribution in [3.05, 3.63) is 55.7 Å². The number of hydrogen-bond donors (Lipinski definition) is 2. The van der Waals surface area contributed by atoms with E-state index in [1.165, 1.54) is 16.5 Å². The van der Waals surface area contributed by atoms with Gasteiger partial charge in [-0.2, -0.15) is 4.98 Å². The third-order valence-corrected chi connectivity index (χ3v) is 4.76. The average Bonchev–Trinajstić information content (AvgIpc) is 2.98. The highest BCUT2D eigenvalue weighted by molar-refractivity contribution is 6.30. The molecule has 0 atom stereocenters. The van der Waals surface area contributed by atoms with Crippen LogP contribution in [-0.2, 0) is 20.6 Å². The van der Waals surface area contributed by atoms with Gasteiger partial charge in [0.2, 0.25) is 5.95 Å². The second-order valence-corrected chi connectivity index (χ2v) is 7.35. The van der Waals surface area contributed by atoms with Crippen LogP contribution in [0.25, 0.3) is 11.2 Å². The van der Waals surface area contributed by atoms with E-state index in [1.54, 1.807) is 7.05 Å². The van der Waals surface area contributed by atoms with Crippen molar-refractivity contribution in [2.24, 2.45) is 14.1 Å². The van der Waals surface area contributed by atoms with Crippen LogP contribution in [0.4, 0.5) is 5.95 Å². The molecule has 1 aromatic carbocycles. The van der Waals surface area contributed by atoms with Crippen LogP contribution in [0.5, 0.6) is 0 Å². The Morgan fingerprint density at radius 3 is 2.41 bits per heavy atom. The summed E-state index contributed by atoms with van der Waals surface area (Å²) in [6.45, 7) is 2.03. The van der Waals surface area contributed by atoms with Gasteiger partial charge in [0.25, 0.3) is 5.56 Å². The van der Waals surface area contributed by atoms with E-state index >= 15 is 0 Å². The molecule has 0 saturated carbocycles. The van der Waals surface area contributed by atoms with Gasteiger partial charge in [-0.3, -0.25) is 18.5 Å². The Balaban J connectivity index is 2.15. The number of aryl methyl sites for hydroxylation is 1. The summed E-state index contributed by atoms with van der Waals surface area (Å²) < 4.78 is 4.33. The van der Waals surface area contributed by atoms with Crippen LogP contribution in [0.2, 0.25) is 5.02 Å². The quantitative estimate of drug-likeness (QED) is 0.604. The monoisotopic (exact) mass is 391 g/mol. The summed E-state index contributed by atoms with van der Waals surface area (Å²) >= 11 is 5.98. The smallest absolute Gasteiger partial charge is 0.332 e. The Labute approximate surface area is 161 Å². The Kier molecular flexibility index (Phi) is 5.38. The maximum absolute atomic E-state index is 12.8. The summed E-state index contributed by atoms with van der Waals surface area (Å²) in [5, 5.41) is 3.95. The number of rotatable bonds is 6. The van der Waals surface area contributed by atoms with Crippen molar-refractivity contribution in [3.8, 4) is 0 Å². The number of halogens is 1. The van der Waals surface area contributed by atoms with Gasteiger partial charge in [-0.05, 0) is 17.7 Å². The second kappa shape index (κ2) is 7.58. The average molecular weight is 392 g/mol. The lowest BCUT2D eigenvalue weighted by atomic mass is 10.2. The van der Waals surface area contributed by atoms with E-state index in [0.29, 0.717) is 35.2 Å². The van der Waals surface area contributed by atoms with Crippen LogP contribution < -0.4 is 21.5 Å². The van der Waals surface area contributed by atoms with E-state index in [0.717, 1.165) is 16.7 Å². The number of anilines is 1. The standard InChI is InChI=1S/C18H23ClN6O2/c1-22(2)10-9-20-17-21-15-14(16(26)24(4)18(27)23(15)3)25(17)11-12-5-7-13(19)8-6-12/h5-8H,9-11H2,1-4H3,(H,20,21)/p+1. The van der Waals surface area contributed by atoms with Gasteiger partial charge >= 0.3 is 5.69 Å². The predicted molar refractivity (Wildman–Crippen MR) is 107 cm³/mol. The third kappa shape index (κ3) is 3.77. The van der Waals surface area contributed by atoms with Crippen molar-refractivity contribution in [2.75, 3.05) is 32.5 Å². The molecule has 144 valence electrons. The Morgan fingerprint density at radius 2 is 1.78 bits per heavy atom. The van der Waals surface area contributed by atoms with Crippen LogP contribution in [0.1, 0.15) is 5.56 Å². The summed E-state index contributed by atoms with van der Waals surface area (Å²) in [4.78, 5) is 30.9. The maximum Gasteiger partial charge on any atom is 0.332 e. The van der Waals surface area contributed by atoms with E-state index < -0.39 is 5.69 Å². The zero-order valence-corrected chi connectivity index (χ0v) is 16.7. The molecule has 0 unspecified atom stereocenters. The van der Waals surface area contributed by atoms with E-state index in [1.807, 2.05) is 28.8 Å². The Bertz CT molecular complexity index is 1080. The van der Waals surface area contributed by atoms with E-state index in [9.17, 15) is 9.59 Å². The molecule has 8 nitrogen and oxygen atoms in total. The number of aromatic nitrogens is 4. The zero-order chi connectivity index (χ0) is 19.7. The number of likely N-dealkylation sites (N-methyl/N-ethyl adjacent to an activating group) is 1. The number of nitrogens with one attached hydrogen (secondary N) is 2. The highest BCUT2D eigenvalue weighted by Gasteiger charge is 2.19. The summed E-state index contributed by atoms with van der Waals surface area (Å²) in [6, 6.07) is 7.45. The Morgan fingerprint density at radius 1 is 1.11 bits per heavy atom. The minimum atomic E-state index is -0.395. The van der Waals surface area contributed by atoms with E-state index in [2.05, 4.69) is 24.4 Å². The zero-order valence-electron chi connectivity index (χ0n) is 15.9. The van der Waals surface area contributed by atoms with Crippen molar-refractivity contribution >= 4 is 28.7 Å². The van der Waals surface area contributed by atoms with Gasteiger partial charge in [-0.1, -0.05) is 23.7 Å². The molecule has 0 aliphatic carbocycles. The lowest BCUT2D eigenvalue weighted by Gasteiger charge is -2.12. The topological polar surface area (TPSA) is 78.3 Å². The first-order valence-electron chi connectivity index (χ1n) is 8.73. The summed E-state index contributed by atoms with van der Waals surface area (Å²) in [5.41, 5.74) is 0.996.